The van der Waals surface area contributed by atoms with Crippen molar-refractivity contribution in [2.75, 3.05) is 6.61 Å². The number of esters is 2. The third-order valence-corrected chi connectivity index (χ3v) is 9.69. The quantitative estimate of drug-likeness (QED) is 0.0288. The second kappa shape index (κ2) is 23.3. The van der Waals surface area contributed by atoms with Crippen LogP contribution in [0.5, 0.6) is 28.7 Å². The van der Waals surface area contributed by atoms with Crippen molar-refractivity contribution in [2.24, 2.45) is 0 Å². The molecule has 0 radical (unpaired) electrons. The van der Waals surface area contributed by atoms with E-state index in [1.807, 2.05) is 0 Å². The van der Waals surface area contributed by atoms with Crippen molar-refractivity contribution in [3.05, 3.63) is 41.5 Å². The monoisotopic (exact) mass is 996 g/mol. The molecule has 0 aliphatic carbocycles. The van der Waals surface area contributed by atoms with Crippen molar-refractivity contribution in [3.63, 3.8) is 0 Å². The molecule has 3 aliphatic rings. The molecular formula is C38H37NaO30. The van der Waals surface area contributed by atoms with Crippen LogP contribution in [0.4, 0.5) is 24.0 Å². The van der Waals surface area contributed by atoms with E-state index in [1.54, 1.807) is 0 Å². The molecule has 30 nitrogen and oxygen atoms in total. The van der Waals surface area contributed by atoms with Crippen LogP contribution in [0, 0.1) is 0 Å². The maximum Gasteiger partial charge on any atom is 1.00 e. The average Bonchev–Trinajstić information content (AvgIpc) is 3.21. The van der Waals surface area contributed by atoms with Gasteiger partial charge in [0.1, 0.15) is 28.9 Å². The number of aromatic hydroxyl groups is 3. The minimum Gasteiger partial charge on any atom is -0.550 e. The molecule has 2 aromatic carbocycles. The maximum atomic E-state index is 14.5. The second-order valence-corrected chi connectivity index (χ2v) is 14.3. The van der Waals surface area contributed by atoms with E-state index in [0.29, 0.717) is 0 Å². The second-order valence-electron chi connectivity index (χ2n) is 14.3. The van der Waals surface area contributed by atoms with Gasteiger partial charge in [-0.05, 0) is 31.0 Å². The molecule has 2 saturated heterocycles. The van der Waals surface area contributed by atoms with E-state index in [0.717, 1.165) is 44.2 Å². The molecule has 6 unspecified atom stereocenters. The molecule has 31 heteroatoms. The zero-order valence-electron chi connectivity index (χ0n) is 35.5. The Morgan fingerprint density at radius 3 is 1.77 bits per heavy atom. The van der Waals surface area contributed by atoms with E-state index in [1.165, 1.54) is 0 Å². The number of benzene rings is 2. The van der Waals surface area contributed by atoms with Gasteiger partial charge in [-0.1, -0.05) is 6.07 Å². The fourth-order valence-corrected chi connectivity index (χ4v) is 7.09. The van der Waals surface area contributed by atoms with E-state index in [9.17, 15) is 89.1 Å². The molecular weight excluding hydrogens is 959 g/mol. The number of ketones is 1. The predicted molar refractivity (Wildman–Crippen MR) is 199 cm³/mol. The number of carboxylic acids is 1. The normalized spacial score (nSPS) is 27.0. The van der Waals surface area contributed by atoms with Gasteiger partial charge in [0.05, 0.1) is 19.1 Å². The Morgan fingerprint density at radius 1 is 0.652 bits per heavy atom. The molecule has 0 bridgehead atoms. The van der Waals surface area contributed by atoms with E-state index >= 15 is 0 Å². The summed E-state index contributed by atoms with van der Waals surface area (Å²) in [4.78, 5) is 109. The summed E-state index contributed by atoms with van der Waals surface area (Å²) in [7, 11) is 0. The Bertz CT molecular complexity index is 2300. The zero-order chi connectivity index (χ0) is 50.3. The van der Waals surface area contributed by atoms with Crippen molar-refractivity contribution >= 4 is 54.5 Å². The predicted octanol–water partition coefficient (Wildman–Crippen LogP) is -2.32. The van der Waals surface area contributed by atoms with Gasteiger partial charge >= 0.3 is 72.3 Å². The van der Waals surface area contributed by atoms with Crippen LogP contribution in [0.2, 0.25) is 0 Å². The molecule has 0 amide bonds. The van der Waals surface area contributed by atoms with Crippen molar-refractivity contribution in [1.82, 2.24) is 0 Å². The summed E-state index contributed by atoms with van der Waals surface area (Å²) in [5.74, 6) is -8.64. The van der Waals surface area contributed by atoms with Gasteiger partial charge in [-0.25, -0.2) is 24.0 Å². The number of phenolic OH excluding ortho intramolecular Hbond substituents is 3. The Morgan fingerprint density at radius 2 is 1.20 bits per heavy atom. The first-order chi connectivity index (χ1) is 31.9. The Balaban J connectivity index is 0.0000104. The number of Topliss-reactive ketones (excluding diaryl/α,β-unsaturated/α-hetero) is 1. The Kier molecular flexibility index (Phi) is 18.4. The van der Waals surface area contributed by atoms with Crippen LogP contribution < -0.4 is 44.1 Å². The minimum absolute atomic E-state index is 0. The largest absolute Gasteiger partial charge is 1.00 e. The number of hydrogen-bond donors (Lipinski definition) is 8. The minimum atomic E-state index is -2.35. The summed E-state index contributed by atoms with van der Waals surface area (Å²) < 4.78 is 63.5. The molecule has 5 rings (SSSR count). The smallest absolute Gasteiger partial charge is 0.550 e. The number of carbonyl (C=O) groups excluding carboxylic acids is 4. The first-order valence-electron chi connectivity index (χ1n) is 19.2. The Labute approximate surface area is 405 Å². The van der Waals surface area contributed by atoms with Gasteiger partial charge < -0.3 is 108 Å². The average molecular weight is 997 g/mol. The van der Waals surface area contributed by atoms with Gasteiger partial charge in [0.2, 0.25) is 5.78 Å². The van der Waals surface area contributed by atoms with Gasteiger partial charge in [-0.3, -0.25) is 14.4 Å². The number of phenols is 3. The van der Waals surface area contributed by atoms with Gasteiger partial charge in [0.15, 0.2) is 72.9 Å². The van der Waals surface area contributed by atoms with Crippen LogP contribution in [-0.4, -0.2) is 169 Å². The topological polar surface area (TPSA) is 449 Å². The van der Waals surface area contributed by atoms with Crippen molar-refractivity contribution in [3.8, 4) is 28.7 Å². The van der Waals surface area contributed by atoms with Crippen LogP contribution in [0.3, 0.4) is 0 Å². The fraction of sp³-hybridized carbons (Fsp3) is 0.447. The molecule has 3 heterocycles. The number of rotatable bonds is 16. The molecule has 69 heavy (non-hydrogen) atoms. The molecule has 0 saturated carbocycles. The van der Waals surface area contributed by atoms with Crippen LogP contribution in [0.15, 0.2) is 30.3 Å². The number of fused-ring (bicyclic) bond motifs is 1. The molecule has 0 spiro atoms. The number of hydrogen-bond acceptors (Lipinski definition) is 25. The van der Waals surface area contributed by atoms with Gasteiger partial charge in [-0.15, -0.1) is 0 Å². The first-order valence-corrected chi connectivity index (χ1v) is 19.2. The Hall–Kier alpha value is -7.09. The molecule has 2 aromatic rings. The number of carboxylic acid groups (broad SMARTS) is 6. The van der Waals surface area contributed by atoms with Crippen LogP contribution in [-0.2, 0) is 61.8 Å². The van der Waals surface area contributed by atoms with E-state index in [-0.39, 0.29) is 35.1 Å². The van der Waals surface area contributed by atoms with Crippen molar-refractivity contribution in [1.29, 1.82) is 0 Å². The van der Waals surface area contributed by atoms with Crippen molar-refractivity contribution < 1.29 is 176 Å². The summed E-state index contributed by atoms with van der Waals surface area (Å²) in [6.45, 7) is 0.712. The summed E-state index contributed by atoms with van der Waals surface area (Å²) in [6.07, 6.45) is -37.3. The molecule has 12 atom stereocenters. The maximum absolute atomic E-state index is 14.5. The summed E-state index contributed by atoms with van der Waals surface area (Å²) in [6, 6.07) is 4.58. The van der Waals surface area contributed by atoms with Crippen LogP contribution in [0.25, 0.3) is 0 Å². The fourth-order valence-electron chi connectivity index (χ4n) is 7.09. The van der Waals surface area contributed by atoms with E-state index < -0.39 is 182 Å². The number of aliphatic carboxylic acids is 1. The summed E-state index contributed by atoms with van der Waals surface area (Å²) in [5.41, 5.74) is -0.910. The summed E-state index contributed by atoms with van der Waals surface area (Å²) in [5, 5.41) is 90.1. The standard InChI is InChI=1S/C38H38O30.Na/c1-11-24(64-34(47)48)28(66-36(51)52)30(68-38(55)56)32(58-11)57-10-19-26(65-35(49)50)29(67-37(53)54)31(59-12(2)39)33(62-19)63-27-23(46)22-17(42)8-14(60-21(45)6-5-20(43)44)9-18(22)61-25(27)13-3-4-15(40)16(41)7-13;/h3-4,7-9,11,19,24-33,40-42H,5-6,10H2,1-2H3,(H,43,44)(H,47,48)(H,49,50)(H,51,52)(H,53,54)(H,55,56);/q;+1/p-1/t11?,19-,24?,25?,26?,27?,28-,29+,30-,31?,32+,33+;/m1./s1. The number of ether oxygens (including phenoxy) is 12. The first kappa shape index (κ1) is 54.5. The molecule has 0 aromatic heterocycles. The molecule has 370 valence electrons. The van der Waals surface area contributed by atoms with E-state index in [2.05, 4.69) is 4.74 Å². The van der Waals surface area contributed by atoms with Crippen molar-refractivity contribution in [2.45, 2.75) is 100 Å². The van der Waals surface area contributed by atoms with Gasteiger partial charge in [-0.2, -0.15) is 0 Å². The van der Waals surface area contributed by atoms with Gasteiger partial charge in [0.25, 0.3) is 0 Å². The molecule has 2 fully saturated rings. The van der Waals surface area contributed by atoms with Gasteiger partial charge in [0, 0.05) is 25.0 Å². The number of carbonyl (C=O) groups is 9. The van der Waals surface area contributed by atoms with Crippen LogP contribution in [0.1, 0.15) is 48.7 Å². The molecule has 8 N–H and O–H groups in total. The third kappa shape index (κ3) is 13.8. The van der Waals surface area contributed by atoms with E-state index in [4.69, 9.17) is 52.1 Å². The molecule has 3 aliphatic heterocycles. The summed E-state index contributed by atoms with van der Waals surface area (Å²) >= 11 is 0. The zero-order valence-corrected chi connectivity index (χ0v) is 37.5. The third-order valence-electron chi connectivity index (χ3n) is 9.69. The van der Waals surface area contributed by atoms with Crippen LogP contribution >= 0.6 is 0 Å². The SMILES string of the molecule is CC(=O)OC1[C@H](OC2C(=O)c3c(O)cc(OC(=O)CCC(=O)[O-])cc3OC2c2ccc(O)c(O)c2)O[C@H](CO[C@H]2OC(C)C(OC(=O)O)[C@@H](OC(=O)O)[C@H]2OC(=O)O)C(OC(=O)O)[C@@H]1OC(=O)O.[Na+].